The maximum atomic E-state index is 11.8. The molecule has 1 aliphatic rings. The fraction of sp³-hybridized carbons (Fsp3) is 0.357. The number of hydrogen-bond acceptors (Lipinski definition) is 3. The number of halogens is 1. The number of carboxylic acid groups (broad SMARTS) is 1. The third-order valence-corrected chi connectivity index (χ3v) is 4.24. The Morgan fingerprint density at radius 2 is 1.79 bits per heavy atom. The number of benzene rings is 1. The van der Waals surface area contributed by atoms with E-state index in [9.17, 15) is 9.90 Å². The van der Waals surface area contributed by atoms with Gasteiger partial charge in [-0.1, -0.05) is 48.7 Å². The summed E-state index contributed by atoms with van der Waals surface area (Å²) in [5, 5.41) is 19.6. The van der Waals surface area contributed by atoms with E-state index in [1.807, 2.05) is 24.3 Å². The molecule has 1 heterocycles. The Hall–Kier alpha value is -1.68. The zero-order valence-corrected chi connectivity index (χ0v) is 11.0. The molecule has 1 fully saturated rings. The lowest BCUT2D eigenvalue weighted by molar-refractivity contribution is -0.143. The van der Waals surface area contributed by atoms with Crippen LogP contribution in [0.15, 0.2) is 24.3 Å². The summed E-state index contributed by atoms with van der Waals surface area (Å²) in [5.74, 6) is -0.813. The summed E-state index contributed by atoms with van der Waals surface area (Å²) in [4.78, 5) is 11.8. The van der Waals surface area contributed by atoms with Gasteiger partial charge in [0, 0.05) is 10.8 Å². The molecule has 98 valence electrons. The summed E-state index contributed by atoms with van der Waals surface area (Å²) >= 11 is 6.04. The van der Waals surface area contributed by atoms with Crippen LogP contribution >= 0.6 is 11.6 Å². The molecule has 0 radical (unpaired) electrons. The molecule has 1 aliphatic carbocycles. The number of fused-ring (bicyclic) bond motifs is 1. The van der Waals surface area contributed by atoms with Gasteiger partial charge < -0.3 is 5.11 Å². The summed E-state index contributed by atoms with van der Waals surface area (Å²) in [6.45, 7) is 0. The van der Waals surface area contributed by atoms with Crippen LogP contribution in [0.25, 0.3) is 10.8 Å². The lowest BCUT2D eigenvalue weighted by atomic mass is 9.80. The summed E-state index contributed by atoms with van der Waals surface area (Å²) in [6.07, 6.45) is 3.04. The van der Waals surface area contributed by atoms with Crippen LogP contribution < -0.4 is 0 Å². The molecule has 19 heavy (non-hydrogen) atoms. The van der Waals surface area contributed by atoms with Crippen molar-refractivity contribution in [2.45, 2.75) is 31.1 Å². The second-order valence-corrected chi connectivity index (χ2v) is 5.34. The predicted molar refractivity (Wildman–Crippen MR) is 72.3 cm³/mol. The van der Waals surface area contributed by atoms with Crippen molar-refractivity contribution in [3.05, 3.63) is 35.1 Å². The molecule has 0 unspecified atom stereocenters. The van der Waals surface area contributed by atoms with Crippen molar-refractivity contribution in [2.75, 3.05) is 0 Å². The van der Waals surface area contributed by atoms with E-state index in [2.05, 4.69) is 10.2 Å². The highest BCUT2D eigenvalue weighted by Crippen LogP contribution is 2.43. The molecule has 5 heteroatoms. The zero-order valence-electron chi connectivity index (χ0n) is 10.3. The van der Waals surface area contributed by atoms with E-state index in [-0.39, 0.29) is 0 Å². The Balaban J connectivity index is 2.31. The van der Waals surface area contributed by atoms with Crippen LogP contribution in [0.2, 0.25) is 5.15 Å². The molecule has 1 saturated carbocycles. The number of carbonyl (C=O) groups is 1. The number of rotatable bonds is 2. The normalized spacial score (nSPS) is 17.7. The third-order valence-electron chi connectivity index (χ3n) is 3.96. The van der Waals surface area contributed by atoms with Crippen LogP contribution in [-0.4, -0.2) is 21.3 Å². The van der Waals surface area contributed by atoms with Gasteiger partial charge in [-0.3, -0.25) is 4.79 Å². The smallest absolute Gasteiger partial charge is 0.315 e. The Kier molecular flexibility index (Phi) is 2.90. The zero-order chi connectivity index (χ0) is 13.5. The minimum atomic E-state index is -0.906. The highest BCUT2D eigenvalue weighted by molar-refractivity contribution is 6.34. The first-order valence-electron chi connectivity index (χ1n) is 6.30. The summed E-state index contributed by atoms with van der Waals surface area (Å²) in [6, 6.07) is 7.45. The van der Waals surface area contributed by atoms with Crippen molar-refractivity contribution in [2.24, 2.45) is 0 Å². The van der Waals surface area contributed by atoms with Crippen molar-refractivity contribution >= 4 is 28.3 Å². The molecule has 0 spiro atoms. The maximum Gasteiger partial charge on any atom is 0.315 e. The molecule has 0 amide bonds. The molecular formula is C14H13ClN2O2. The maximum absolute atomic E-state index is 11.8. The van der Waals surface area contributed by atoms with Crippen LogP contribution in [0.3, 0.4) is 0 Å². The van der Waals surface area contributed by atoms with E-state index in [4.69, 9.17) is 11.6 Å². The number of nitrogens with zero attached hydrogens (tertiary/aromatic N) is 2. The largest absolute Gasteiger partial charge is 0.481 e. The van der Waals surface area contributed by atoms with Gasteiger partial charge in [-0.05, 0) is 12.8 Å². The molecule has 4 nitrogen and oxygen atoms in total. The van der Waals surface area contributed by atoms with Gasteiger partial charge in [0.1, 0.15) is 5.41 Å². The van der Waals surface area contributed by atoms with Gasteiger partial charge in [-0.15, -0.1) is 5.10 Å². The van der Waals surface area contributed by atoms with Crippen LogP contribution in [-0.2, 0) is 10.2 Å². The van der Waals surface area contributed by atoms with Crippen LogP contribution in [0.1, 0.15) is 31.4 Å². The van der Waals surface area contributed by atoms with Crippen molar-refractivity contribution in [3.63, 3.8) is 0 Å². The molecule has 1 aromatic heterocycles. The fourth-order valence-electron chi connectivity index (χ4n) is 2.96. The number of aromatic nitrogens is 2. The molecule has 0 bridgehead atoms. The highest BCUT2D eigenvalue weighted by atomic mass is 35.5. The fourth-order valence-corrected chi connectivity index (χ4v) is 3.16. The molecule has 1 N–H and O–H groups in total. The second-order valence-electron chi connectivity index (χ2n) is 4.98. The summed E-state index contributed by atoms with van der Waals surface area (Å²) in [5.41, 5.74) is -0.352. The average molecular weight is 277 g/mol. The van der Waals surface area contributed by atoms with Crippen molar-refractivity contribution in [3.8, 4) is 0 Å². The minimum Gasteiger partial charge on any atom is -0.481 e. The van der Waals surface area contributed by atoms with E-state index in [0.29, 0.717) is 23.7 Å². The first-order valence-corrected chi connectivity index (χ1v) is 6.68. The van der Waals surface area contributed by atoms with Gasteiger partial charge in [0.05, 0.1) is 5.69 Å². The monoisotopic (exact) mass is 276 g/mol. The SMILES string of the molecule is O=C(O)C1(c2nnc(Cl)c3ccccc23)CCCC1. The third kappa shape index (κ3) is 1.78. The Bertz CT molecular complexity index is 651. The van der Waals surface area contributed by atoms with Crippen molar-refractivity contribution < 1.29 is 9.90 Å². The molecule has 0 atom stereocenters. The first-order chi connectivity index (χ1) is 9.15. The van der Waals surface area contributed by atoms with Gasteiger partial charge in [0.15, 0.2) is 5.15 Å². The molecule has 0 saturated heterocycles. The molecule has 3 rings (SSSR count). The van der Waals surface area contributed by atoms with Gasteiger partial charge in [0.2, 0.25) is 0 Å². The lowest BCUT2D eigenvalue weighted by Crippen LogP contribution is -2.34. The van der Waals surface area contributed by atoms with Crippen LogP contribution in [0.5, 0.6) is 0 Å². The molecule has 2 aromatic rings. The van der Waals surface area contributed by atoms with E-state index >= 15 is 0 Å². The number of carboxylic acids is 1. The van der Waals surface area contributed by atoms with Crippen LogP contribution in [0.4, 0.5) is 0 Å². The summed E-state index contributed by atoms with van der Waals surface area (Å²) < 4.78 is 0. The second kappa shape index (κ2) is 4.46. The molecular weight excluding hydrogens is 264 g/mol. The van der Waals surface area contributed by atoms with Gasteiger partial charge in [0.25, 0.3) is 0 Å². The van der Waals surface area contributed by atoms with E-state index < -0.39 is 11.4 Å². The van der Waals surface area contributed by atoms with E-state index in [1.54, 1.807) is 0 Å². The first kappa shape index (κ1) is 12.4. The summed E-state index contributed by atoms with van der Waals surface area (Å²) in [7, 11) is 0. The molecule has 0 aliphatic heterocycles. The van der Waals surface area contributed by atoms with Gasteiger partial charge >= 0.3 is 5.97 Å². The molecule has 1 aromatic carbocycles. The average Bonchev–Trinajstić information content (AvgIpc) is 2.90. The number of hydrogen-bond donors (Lipinski definition) is 1. The Morgan fingerprint density at radius 1 is 1.16 bits per heavy atom. The van der Waals surface area contributed by atoms with Crippen molar-refractivity contribution in [1.29, 1.82) is 0 Å². The van der Waals surface area contributed by atoms with Gasteiger partial charge in [-0.25, -0.2) is 0 Å². The highest BCUT2D eigenvalue weighted by Gasteiger charge is 2.45. The van der Waals surface area contributed by atoms with Crippen LogP contribution in [0, 0.1) is 0 Å². The van der Waals surface area contributed by atoms with Crippen molar-refractivity contribution in [1.82, 2.24) is 10.2 Å². The quantitative estimate of drug-likeness (QED) is 0.915. The Labute approximate surface area is 115 Å². The van der Waals surface area contributed by atoms with E-state index in [1.165, 1.54) is 0 Å². The predicted octanol–water partition coefficient (Wildman–Crippen LogP) is 3.18. The van der Waals surface area contributed by atoms with Gasteiger partial charge in [-0.2, -0.15) is 5.10 Å². The van der Waals surface area contributed by atoms with E-state index in [0.717, 1.165) is 23.6 Å². The standard InChI is InChI=1S/C14H13ClN2O2/c15-12-10-6-2-1-5-9(10)11(16-17-12)14(13(18)19)7-3-4-8-14/h1-2,5-6H,3-4,7-8H2,(H,18,19). The lowest BCUT2D eigenvalue weighted by Gasteiger charge is -2.24. The Morgan fingerprint density at radius 3 is 2.42 bits per heavy atom. The topological polar surface area (TPSA) is 63.1 Å². The minimum absolute atomic E-state index is 0.317. The number of aliphatic carboxylic acids is 1.